The fourth-order valence-electron chi connectivity index (χ4n) is 3.22. The number of esters is 1. The summed E-state index contributed by atoms with van der Waals surface area (Å²) in [6.07, 6.45) is 3.45. The Morgan fingerprint density at radius 2 is 1.75 bits per heavy atom. The van der Waals surface area contributed by atoms with Gasteiger partial charge in [0.15, 0.2) is 11.5 Å². The topological polar surface area (TPSA) is 74.7 Å². The fourth-order valence-corrected chi connectivity index (χ4v) is 3.74. The van der Waals surface area contributed by atoms with Gasteiger partial charge in [0.2, 0.25) is 0 Å². The van der Waals surface area contributed by atoms with Crippen LogP contribution < -0.4 is 9.47 Å². The first-order valence-corrected chi connectivity index (χ1v) is 10.5. The largest absolute Gasteiger partial charge is 0.493 e. The highest BCUT2D eigenvalue weighted by molar-refractivity contribution is 6.35. The molecule has 2 aromatic carbocycles. The lowest BCUT2D eigenvalue weighted by atomic mass is 10.0. The Bertz CT molecular complexity index is 1100. The van der Waals surface area contributed by atoms with Gasteiger partial charge in [-0.05, 0) is 41.0 Å². The van der Waals surface area contributed by atoms with Gasteiger partial charge in [0.05, 0.1) is 29.8 Å². The molecule has 0 unspecified atom stereocenters. The highest BCUT2D eigenvalue weighted by atomic mass is 35.5. The molecular formula is C24H21Cl2NO5. The fraction of sp³-hybridized carbons (Fsp3) is 0.208. The molecule has 166 valence electrons. The number of hydrogen-bond donors (Lipinski definition) is 0. The molecule has 0 aliphatic rings. The molecule has 1 aromatic heterocycles. The number of rotatable bonds is 9. The van der Waals surface area contributed by atoms with E-state index in [1.54, 1.807) is 42.5 Å². The average Bonchev–Trinajstić information content (AvgIpc) is 2.80. The SMILES string of the molecule is COc1ccc([C@H](Cc2c(Cl)cncc2Cl)OC(=O)c2cccc(CC=O)c2)cc1OC. The van der Waals surface area contributed by atoms with E-state index in [0.717, 1.165) is 11.8 Å². The third kappa shape index (κ3) is 5.58. The zero-order valence-electron chi connectivity index (χ0n) is 17.5. The predicted octanol–water partition coefficient (Wildman–Crippen LogP) is 5.29. The first-order chi connectivity index (χ1) is 15.5. The van der Waals surface area contributed by atoms with Crippen molar-refractivity contribution in [2.45, 2.75) is 18.9 Å². The molecule has 1 atom stereocenters. The molecule has 0 aliphatic carbocycles. The van der Waals surface area contributed by atoms with Crippen LogP contribution in [-0.2, 0) is 22.4 Å². The molecule has 0 saturated carbocycles. The van der Waals surface area contributed by atoms with E-state index in [0.29, 0.717) is 38.2 Å². The van der Waals surface area contributed by atoms with E-state index < -0.39 is 12.1 Å². The Hall–Kier alpha value is -3.09. The van der Waals surface area contributed by atoms with Crippen LogP contribution in [0.4, 0.5) is 0 Å². The van der Waals surface area contributed by atoms with Gasteiger partial charge in [-0.15, -0.1) is 0 Å². The quantitative estimate of drug-likeness (QED) is 0.310. The van der Waals surface area contributed by atoms with Gasteiger partial charge in [-0.2, -0.15) is 0 Å². The van der Waals surface area contributed by atoms with Crippen molar-refractivity contribution in [2.24, 2.45) is 0 Å². The molecule has 0 saturated heterocycles. The Kier molecular flexibility index (Phi) is 8.09. The number of methoxy groups -OCH3 is 2. The number of pyridine rings is 1. The number of aldehydes is 1. The van der Waals surface area contributed by atoms with Gasteiger partial charge < -0.3 is 19.0 Å². The number of carbonyl (C=O) groups is 2. The van der Waals surface area contributed by atoms with Gasteiger partial charge >= 0.3 is 5.97 Å². The highest BCUT2D eigenvalue weighted by Gasteiger charge is 2.23. The molecular weight excluding hydrogens is 453 g/mol. The lowest BCUT2D eigenvalue weighted by Crippen LogP contribution is -2.15. The van der Waals surface area contributed by atoms with Gasteiger partial charge in [0.1, 0.15) is 12.4 Å². The van der Waals surface area contributed by atoms with Gasteiger partial charge in [-0.3, -0.25) is 4.98 Å². The molecule has 32 heavy (non-hydrogen) atoms. The van der Waals surface area contributed by atoms with Crippen LogP contribution in [0.3, 0.4) is 0 Å². The molecule has 6 nitrogen and oxygen atoms in total. The first-order valence-electron chi connectivity index (χ1n) is 9.70. The van der Waals surface area contributed by atoms with Crippen molar-refractivity contribution < 1.29 is 23.8 Å². The Morgan fingerprint density at radius 3 is 2.41 bits per heavy atom. The standard InChI is InChI=1S/C24H21Cl2NO5/c1-30-21-7-6-16(11-23(21)31-2)22(12-18-19(25)13-27-14-20(18)26)32-24(29)17-5-3-4-15(10-17)8-9-28/h3-7,9-11,13-14,22H,8,12H2,1-2H3/t22-/m0/s1. The minimum Gasteiger partial charge on any atom is -0.493 e. The molecule has 1 heterocycles. The number of hydrogen-bond acceptors (Lipinski definition) is 6. The second-order valence-electron chi connectivity index (χ2n) is 6.87. The van der Waals surface area contributed by atoms with Crippen molar-refractivity contribution in [2.75, 3.05) is 14.2 Å². The molecule has 0 aliphatic heterocycles. The van der Waals surface area contributed by atoms with Crippen molar-refractivity contribution in [1.82, 2.24) is 4.98 Å². The van der Waals surface area contributed by atoms with Crippen LogP contribution in [0.25, 0.3) is 0 Å². The lowest BCUT2D eigenvalue weighted by molar-refractivity contribution is -0.107. The van der Waals surface area contributed by atoms with Crippen LogP contribution in [0.5, 0.6) is 11.5 Å². The van der Waals surface area contributed by atoms with E-state index in [-0.39, 0.29) is 12.8 Å². The normalized spacial score (nSPS) is 11.5. The van der Waals surface area contributed by atoms with Crippen molar-refractivity contribution in [1.29, 1.82) is 0 Å². The van der Waals surface area contributed by atoms with Crippen LogP contribution in [0, 0.1) is 0 Å². The maximum atomic E-state index is 13.0. The zero-order chi connectivity index (χ0) is 23.1. The Balaban J connectivity index is 1.98. The van der Waals surface area contributed by atoms with Crippen LogP contribution in [-0.4, -0.2) is 31.5 Å². The summed E-state index contributed by atoms with van der Waals surface area (Å²) >= 11 is 12.6. The summed E-state index contributed by atoms with van der Waals surface area (Å²) < 4.78 is 16.6. The third-order valence-electron chi connectivity index (χ3n) is 4.85. The molecule has 0 amide bonds. The van der Waals surface area contributed by atoms with Crippen molar-refractivity contribution in [3.8, 4) is 11.5 Å². The Labute approximate surface area is 196 Å². The maximum Gasteiger partial charge on any atom is 0.338 e. The number of benzene rings is 2. The predicted molar refractivity (Wildman–Crippen MR) is 122 cm³/mol. The summed E-state index contributed by atoms with van der Waals surface area (Å²) in [5.41, 5.74) is 2.33. The number of ether oxygens (including phenoxy) is 3. The summed E-state index contributed by atoms with van der Waals surface area (Å²) in [6.45, 7) is 0. The van der Waals surface area contributed by atoms with E-state index in [1.165, 1.54) is 26.6 Å². The minimum atomic E-state index is -0.727. The maximum absolute atomic E-state index is 13.0. The van der Waals surface area contributed by atoms with E-state index in [1.807, 2.05) is 0 Å². The number of nitrogens with zero attached hydrogens (tertiary/aromatic N) is 1. The van der Waals surface area contributed by atoms with Crippen molar-refractivity contribution in [3.05, 3.63) is 87.2 Å². The zero-order valence-corrected chi connectivity index (χ0v) is 19.0. The van der Waals surface area contributed by atoms with E-state index in [2.05, 4.69) is 4.98 Å². The molecule has 3 rings (SSSR count). The summed E-state index contributed by atoms with van der Waals surface area (Å²) in [6, 6.07) is 12.0. The first kappa shape index (κ1) is 23.6. The van der Waals surface area contributed by atoms with Crippen LogP contribution >= 0.6 is 23.2 Å². The highest BCUT2D eigenvalue weighted by Crippen LogP contribution is 2.35. The van der Waals surface area contributed by atoms with Gasteiger partial charge in [-0.25, -0.2) is 4.79 Å². The van der Waals surface area contributed by atoms with Crippen LogP contribution in [0.15, 0.2) is 54.9 Å². The van der Waals surface area contributed by atoms with Gasteiger partial charge in [-0.1, -0.05) is 41.4 Å². The minimum absolute atomic E-state index is 0.211. The summed E-state index contributed by atoms with van der Waals surface area (Å²) in [5, 5.41) is 0.735. The summed E-state index contributed by atoms with van der Waals surface area (Å²) in [7, 11) is 3.07. The number of aromatic nitrogens is 1. The van der Waals surface area contributed by atoms with Gasteiger partial charge in [0.25, 0.3) is 0 Å². The van der Waals surface area contributed by atoms with Crippen LogP contribution in [0.2, 0.25) is 10.0 Å². The number of carbonyl (C=O) groups excluding carboxylic acids is 2. The summed E-state index contributed by atoms with van der Waals surface area (Å²) in [5.74, 6) is 0.493. The lowest BCUT2D eigenvalue weighted by Gasteiger charge is -2.21. The number of halogens is 2. The van der Waals surface area contributed by atoms with Crippen molar-refractivity contribution in [3.63, 3.8) is 0 Å². The monoisotopic (exact) mass is 473 g/mol. The molecule has 3 aromatic rings. The van der Waals surface area contributed by atoms with Crippen LogP contribution in [0.1, 0.15) is 33.2 Å². The molecule has 0 spiro atoms. The average molecular weight is 474 g/mol. The second kappa shape index (κ2) is 11.0. The molecule has 0 radical (unpaired) electrons. The molecule has 0 fully saturated rings. The van der Waals surface area contributed by atoms with E-state index >= 15 is 0 Å². The summed E-state index contributed by atoms with van der Waals surface area (Å²) in [4.78, 5) is 27.8. The van der Waals surface area contributed by atoms with E-state index in [9.17, 15) is 9.59 Å². The third-order valence-corrected chi connectivity index (χ3v) is 5.50. The molecule has 0 N–H and O–H groups in total. The van der Waals surface area contributed by atoms with Gasteiger partial charge in [0, 0.05) is 25.2 Å². The molecule has 8 heteroatoms. The second-order valence-corrected chi connectivity index (χ2v) is 7.68. The van der Waals surface area contributed by atoms with Crippen molar-refractivity contribution >= 4 is 35.5 Å². The smallest absolute Gasteiger partial charge is 0.338 e. The molecule has 0 bridgehead atoms. The van der Waals surface area contributed by atoms with E-state index in [4.69, 9.17) is 37.4 Å². The Morgan fingerprint density at radius 1 is 1.03 bits per heavy atom.